The van der Waals surface area contributed by atoms with E-state index in [1.807, 2.05) is 6.92 Å². The minimum Gasteiger partial charge on any atom is -0.354 e. The number of carbonyl (C=O) groups is 2. The highest BCUT2D eigenvalue weighted by Gasteiger charge is 2.32. The van der Waals surface area contributed by atoms with Gasteiger partial charge in [0.25, 0.3) is 10.0 Å². The molecule has 0 aliphatic rings. The molecule has 2 amide bonds. The number of anilines is 1. The summed E-state index contributed by atoms with van der Waals surface area (Å²) in [7, 11) is -4.12. The average molecular weight is 577 g/mol. The van der Waals surface area contributed by atoms with Crippen molar-refractivity contribution in [1.29, 1.82) is 0 Å². The van der Waals surface area contributed by atoms with Crippen LogP contribution in [0.25, 0.3) is 0 Å². The van der Waals surface area contributed by atoms with Crippen molar-refractivity contribution in [2.24, 2.45) is 0 Å². The van der Waals surface area contributed by atoms with Gasteiger partial charge in [0.2, 0.25) is 11.8 Å². The smallest absolute Gasteiger partial charge is 0.264 e. The molecule has 0 saturated carbocycles. The molecule has 0 aromatic heterocycles. The lowest BCUT2D eigenvalue weighted by atomic mass is 10.1. The molecule has 3 rings (SSSR count). The van der Waals surface area contributed by atoms with Gasteiger partial charge in [-0.25, -0.2) is 8.42 Å². The average Bonchev–Trinajstić information content (AvgIpc) is 2.91. The van der Waals surface area contributed by atoms with Crippen LogP contribution >= 0.6 is 23.2 Å². The molecule has 3 aromatic carbocycles. The van der Waals surface area contributed by atoms with Gasteiger partial charge < -0.3 is 10.2 Å². The molecule has 0 bridgehead atoms. The quantitative estimate of drug-likeness (QED) is 0.288. The molecule has 0 aliphatic carbocycles. The molecule has 0 heterocycles. The molecule has 10 heteroatoms. The fourth-order valence-electron chi connectivity index (χ4n) is 3.81. The van der Waals surface area contributed by atoms with Crippen LogP contribution in [0, 0.1) is 0 Å². The Labute approximate surface area is 234 Å². The van der Waals surface area contributed by atoms with Crippen molar-refractivity contribution in [3.8, 4) is 0 Å². The normalized spacial score (nSPS) is 12.0. The minimum absolute atomic E-state index is 0.0366. The number of halogens is 2. The number of unbranched alkanes of at least 4 members (excludes halogenated alkanes) is 1. The van der Waals surface area contributed by atoms with Crippen LogP contribution in [0.4, 0.5) is 5.69 Å². The number of benzene rings is 3. The van der Waals surface area contributed by atoms with Gasteiger partial charge in [-0.3, -0.25) is 13.9 Å². The van der Waals surface area contributed by atoms with Crippen molar-refractivity contribution >= 4 is 50.7 Å². The third-order valence-corrected chi connectivity index (χ3v) is 8.24. The summed E-state index contributed by atoms with van der Waals surface area (Å²) in [6, 6.07) is 20.2. The van der Waals surface area contributed by atoms with E-state index in [9.17, 15) is 18.0 Å². The zero-order chi connectivity index (χ0) is 27.7. The number of nitrogens with zero attached hydrogens (tertiary/aromatic N) is 2. The molecule has 7 nitrogen and oxygen atoms in total. The van der Waals surface area contributed by atoms with E-state index in [1.165, 1.54) is 29.2 Å². The summed E-state index contributed by atoms with van der Waals surface area (Å²) >= 11 is 12.2. The van der Waals surface area contributed by atoms with Crippen LogP contribution in [-0.4, -0.2) is 44.3 Å². The number of nitrogens with one attached hydrogen (secondary N) is 1. The maximum atomic E-state index is 13.8. The Morgan fingerprint density at radius 3 is 2.24 bits per heavy atom. The van der Waals surface area contributed by atoms with Gasteiger partial charge in [0.1, 0.15) is 12.6 Å². The van der Waals surface area contributed by atoms with Crippen LogP contribution in [-0.2, 0) is 26.2 Å². The van der Waals surface area contributed by atoms with Crippen LogP contribution in [0.3, 0.4) is 0 Å². The molecule has 0 spiro atoms. The Bertz CT molecular complexity index is 1340. The lowest BCUT2D eigenvalue weighted by Crippen LogP contribution is -2.51. The van der Waals surface area contributed by atoms with E-state index in [0.29, 0.717) is 22.2 Å². The summed E-state index contributed by atoms with van der Waals surface area (Å²) in [6.07, 6.45) is 1.72. The molecule has 38 heavy (non-hydrogen) atoms. The number of hydrogen-bond donors (Lipinski definition) is 1. The fraction of sp³-hybridized carbons (Fsp3) is 0.286. The summed E-state index contributed by atoms with van der Waals surface area (Å²) < 4.78 is 28.4. The van der Waals surface area contributed by atoms with Gasteiger partial charge in [-0.1, -0.05) is 66.9 Å². The first-order valence-electron chi connectivity index (χ1n) is 12.3. The van der Waals surface area contributed by atoms with Crippen LogP contribution in [0.2, 0.25) is 10.0 Å². The lowest BCUT2D eigenvalue weighted by Gasteiger charge is -2.32. The first kappa shape index (κ1) is 29.5. The summed E-state index contributed by atoms with van der Waals surface area (Å²) in [6.45, 7) is 3.68. The molecule has 202 valence electrons. The molecule has 0 saturated heterocycles. The zero-order valence-corrected chi connectivity index (χ0v) is 23.6. The second kappa shape index (κ2) is 13.6. The Hall–Kier alpha value is -3.07. The van der Waals surface area contributed by atoms with Crippen LogP contribution in [0.15, 0.2) is 83.8 Å². The lowest BCUT2D eigenvalue weighted by molar-refractivity contribution is -0.139. The highest BCUT2D eigenvalue weighted by molar-refractivity contribution is 7.92. The van der Waals surface area contributed by atoms with Crippen molar-refractivity contribution in [2.45, 2.75) is 44.2 Å². The number of amides is 2. The van der Waals surface area contributed by atoms with Crippen molar-refractivity contribution in [2.75, 3.05) is 17.4 Å². The van der Waals surface area contributed by atoms with Crippen LogP contribution in [0.1, 0.15) is 32.3 Å². The van der Waals surface area contributed by atoms with Gasteiger partial charge >= 0.3 is 0 Å². The predicted octanol–water partition coefficient (Wildman–Crippen LogP) is 5.52. The van der Waals surface area contributed by atoms with Gasteiger partial charge in [-0.15, -0.1) is 0 Å². The van der Waals surface area contributed by atoms with E-state index in [4.69, 9.17) is 23.2 Å². The second-order valence-electron chi connectivity index (χ2n) is 8.77. The Balaban J connectivity index is 1.98. The number of hydrogen-bond acceptors (Lipinski definition) is 4. The summed E-state index contributed by atoms with van der Waals surface area (Å²) in [4.78, 5) is 28.2. The Morgan fingerprint density at radius 2 is 1.61 bits per heavy atom. The molecule has 0 unspecified atom stereocenters. The summed E-state index contributed by atoms with van der Waals surface area (Å²) in [5, 5.41) is 3.78. The molecular weight excluding hydrogens is 545 g/mol. The molecule has 0 radical (unpaired) electrons. The highest BCUT2D eigenvalue weighted by Crippen LogP contribution is 2.26. The van der Waals surface area contributed by atoms with Gasteiger partial charge in [-0.05, 0) is 67.4 Å². The Kier molecular flexibility index (Phi) is 10.6. The number of rotatable bonds is 12. The van der Waals surface area contributed by atoms with Gasteiger partial charge in [0.15, 0.2) is 0 Å². The molecular formula is C28H31Cl2N3O4S. The SMILES string of the molecule is CCCCNC(=O)[C@@H](C)N(Cc1cccc(Cl)c1)C(=O)CN(c1ccc(Cl)cc1)S(=O)(=O)c1ccccc1. The first-order chi connectivity index (χ1) is 18.1. The van der Waals surface area contributed by atoms with E-state index in [1.54, 1.807) is 61.5 Å². The Morgan fingerprint density at radius 1 is 0.921 bits per heavy atom. The molecule has 0 aliphatic heterocycles. The number of carbonyl (C=O) groups excluding carboxylic acids is 2. The van der Waals surface area contributed by atoms with Gasteiger partial charge in [-0.2, -0.15) is 0 Å². The van der Waals surface area contributed by atoms with E-state index in [2.05, 4.69) is 5.32 Å². The molecule has 1 atom stereocenters. The minimum atomic E-state index is -4.12. The summed E-state index contributed by atoms with van der Waals surface area (Å²) in [5.74, 6) is -0.865. The number of sulfonamides is 1. The van der Waals surface area contributed by atoms with Crippen LogP contribution < -0.4 is 9.62 Å². The predicted molar refractivity (Wildman–Crippen MR) is 152 cm³/mol. The van der Waals surface area contributed by atoms with E-state index in [0.717, 1.165) is 17.1 Å². The second-order valence-corrected chi connectivity index (χ2v) is 11.5. The third-order valence-electron chi connectivity index (χ3n) is 5.96. The van der Waals surface area contributed by atoms with Crippen molar-refractivity contribution in [3.05, 3.63) is 94.5 Å². The molecule has 0 fully saturated rings. The fourth-order valence-corrected chi connectivity index (χ4v) is 5.58. The van der Waals surface area contributed by atoms with Gasteiger partial charge in [0.05, 0.1) is 10.6 Å². The third kappa shape index (κ3) is 7.72. The van der Waals surface area contributed by atoms with Crippen molar-refractivity contribution in [1.82, 2.24) is 10.2 Å². The monoisotopic (exact) mass is 575 g/mol. The molecule has 3 aromatic rings. The van der Waals surface area contributed by atoms with E-state index < -0.39 is 28.5 Å². The highest BCUT2D eigenvalue weighted by atomic mass is 35.5. The van der Waals surface area contributed by atoms with E-state index >= 15 is 0 Å². The first-order valence-corrected chi connectivity index (χ1v) is 14.5. The topological polar surface area (TPSA) is 86.8 Å². The standard InChI is InChI=1S/C28H31Cl2N3O4S/c1-3-4-17-31-28(35)21(2)32(19-22-9-8-10-24(30)18-22)27(34)20-33(25-15-13-23(29)14-16-25)38(36,37)26-11-6-5-7-12-26/h5-16,18,21H,3-4,17,19-20H2,1-2H3,(H,31,35)/t21-/m1/s1. The summed E-state index contributed by atoms with van der Waals surface area (Å²) in [5.41, 5.74) is 0.984. The molecule has 1 N–H and O–H groups in total. The van der Waals surface area contributed by atoms with Crippen LogP contribution in [0.5, 0.6) is 0 Å². The zero-order valence-electron chi connectivity index (χ0n) is 21.3. The largest absolute Gasteiger partial charge is 0.354 e. The van der Waals surface area contributed by atoms with Gasteiger partial charge in [0, 0.05) is 23.1 Å². The maximum absolute atomic E-state index is 13.8. The van der Waals surface area contributed by atoms with Crippen molar-refractivity contribution in [3.63, 3.8) is 0 Å². The van der Waals surface area contributed by atoms with Crippen molar-refractivity contribution < 1.29 is 18.0 Å². The van der Waals surface area contributed by atoms with E-state index in [-0.39, 0.29) is 23.0 Å². The maximum Gasteiger partial charge on any atom is 0.264 e.